The number of carbonyl (C=O) groups is 3. The van der Waals surface area contributed by atoms with E-state index in [0.717, 1.165) is 6.04 Å². The fourth-order valence-corrected chi connectivity index (χ4v) is 6.04. The maximum absolute atomic E-state index is 13.5. The van der Waals surface area contributed by atoms with Crippen LogP contribution in [0.3, 0.4) is 0 Å². The highest BCUT2D eigenvalue weighted by atomic mass is 16.5. The van der Waals surface area contributed by atoms with Crippen molar-refractivity contribution in [2.45, 2.75) is 89.4 Å². The highest BCUT2D eigenvalue weighted by molar-refractivity contribution is 5.99. The van der Waals surface area contributed by atoms with Gasteiger partial charge in [-0.25, -0.2) is 0 Å². The van der Waals surface area contributed by atoms with Crippen LogP contribution in [-0.2, 0) is 14.3 Å². The van der Waals surface area contributed by atoms with E-state index in [-0.39, 0.29) is 35.7 Å². The first-order valence-corrected chi connectivity index (χ1v) is 13.3. The van der Waals surface area contributed by atoms with Gasteiger partial charge in [-0.3, -0.25) is 14.4 Å². The quantitative estimate of drug-likeness (QED) is 0.675. The van der Waals surface area contributed by atoms with Gasteiger partial charge in [0.05, 0.1) is 6.10 Å². The number of nitrogens with zero attached hydrogens (tertiary/aromatic N) is 2. The van der Waals surface area contributed by atoms with Crippen LogP contribution in [0.1, 0.15) is 81.1 Å². The maximum atomic E-state index is 13.5. The van der Waals surface area contributed by atoms with E-state index in [1.807, 2.05) is 12.1 Å². The molecule has 35 heavy (non-hydrogen) atoms. The smallest absolute Gasteiger partial charge is 0.251 e. The highest BCUT2D eigenvalue weighted by Gasteiger charge is 2.48. The van der Waals surface area contributed by atoms with Crippen molar-refractivity contribution in [2.75, 3.05) is 26.2 Å². The van der Waals surface area contributed by atoms with Gasteiger partial charge < -0.3 is 19.9 Å². The van der Waals surface area contributed by atoms with Crippen LogP contribution in [0, 0.1) is 5.41 Å². The molecule has 3 atom stereocenters. The number of ketones is 1. The van der Waals surface area contributed by atoms with Gasteiger partial charge in [0.25, 0.3) is 5.91 Å². The average Bonchev–Trinajstić information content (AvgIpc) is 3.50. The number of nitrogens with one attached hydrogen (secondary N) is 1. The molecular formula is C28H39N3O4. The summed E-state index contributed by atoms with van der Waals surface area (Å²) in [5, 5.41) is 3.00. The van der Waals surface area contributed by atoms with Crippen molar-refractivity contribution in [1.82, 2.24) is 15.1 Å². The van der Waals surface area contributed by atoms with Gasteiger partial charge in [-0.2, -0.15) is 0 Å². The van der Waals surface area contributed by atoms with Crippen LogP contribution < -0.4 is 5.32 Å². The van der Waals surface area contributed by atoms with Gasteiger partial charge >= 0.3 is 0 Å². The van der Waals surface area contributed by atoms with Crippen molar-refractivity contribution >= 4 is 17.6 Å². The lowest BCUT2D eigenvalue weighted by atomic mass is 9.87. The predicted molar refractivity (Wildman–Crippen MR) is 133 cm³/mol. The van der Waals surface area contributed by atoms with Crippen molar-refractivity contribution in [3.05, 3.63) is 35.4 Å². The number of piperidine rings is 1. The molecule has 7 heteroatoms. The second kappa shape index (κ2) is 9.66. The summed E-state index contributed by atoms with van der Waals surface area (Å²) in [6, 6.07) is 7.57. The summed E-state index contributed by atoms with van der Waals surface area (Å²) in [5.74, 6) is 0.0814. The summed E-state index contributed by atoms with van der Waals surface area (Å²) in [4.78, 5) is 43.3. The first-order chi connectivity index (χ1) is 16.7. The molecule has 1 unspecified atom stereocenters. The zero-order chi connectivity index (χ0) is 24.7. The highest BCUT2D eigenvalue weighted by Crippen LogP contribution is 2.35. The molecule has 3 heterocycles. The topological polar surface area (TPSA) is 79.0 Å². The Balaban J connectivity index is 1.24. The predicted octanol–water partition coefficient (Wildman–Crippen LogP) is 3.13. The molecule has 1 aliphatic carbocycles. The lowest BCUT2D eigenvalue weighted by molar-refractivity contribution is -0.138. The third-order valence-corrected chi connectivity index (χ3v) is 8.05. The fraction of sp³-hybridized carbons (Fsp3) is 0.679. The fourth-order valence-electron chi connectivity index (χ4n) is 6.04. The molecule has 0 radical (unpaired) electrons. The molecule has 7 nitrogen and oxygen atoms in total. The van der Waals surface area contributed by atoms with Gasteiger partial charge in [0.15, 0.2) is 5.78 Å². The van der Waals surface area contributed by atoms with E-state index in [2.05, 4.69) is 43.1 Å². The summed E-state index contributed by atoms with van der Waals surface area (Å²) in [5.41, 5.74) is 1.69. The minimum Gasteiger partial charge on any atom is -0.368 e. The van der Waals surface area contributed by atoms with Crippen LogP contribution in [0.25, 0.3) is 0 Å². The Kier molecular flexibility index (Phi) is 6.75. The van der Waals surface area contributed by atoms with Crippen LogP contribution in [0.2, 0.25) is 0 Å². The van der Waals surface area contributed by atoms with E-state index in [0.29, 0.717) is 30.9 Å². The molecule has 0 spiro atoms. The Morgan fingerprint density at radius 2 is 1.71 bits per heavy atom. The lowest BCUT2D eigenvalue weighted by Gasteiger charge is -2.32. The molecule has 1 aromatic rings. The summed E-state index contributed by atoms with van der Waals surface area (Å²) in [7, 11) is 0. The van der Waals surface area contributed by atoms with Crippen LogP contribution >= 0.6 is 0 Å². The van der Waals surface area contributed by atoms with Crippen molar-refractivity contribution in [3.8, 4) is 0 Å². The SMILES string of the molecule is CC(C)(C)CC(NC(=O)c1ccc(C2CCN(C3CC3)CC2)cc1)C(=O)N1CC[C@H]2OCC(=O)[C@H]21. The third-order valence-electron chi connectivity index (χ3n) is 8.05. The largest absolute Gasteiger partial charge is 0.368 e. The van der Waals surface area contributed by atoms with Crippen LogP contribution in [-0.4, -0.2) is 77.9 Å². The monoisotopic (exact) mass is 481 g/mol. The molecule has 2 amide bonds. The van der Waals surface area contributed by atoms with Crippen LogP contribution in [0.15, 0.2) is 24.3 Å². The second-order valence-corrected chi connectivity index (χ2v) is 12.0. The number of carbonyl (C=O) groups excluding carboxylic acids is 3. The molecule has 4 aliphatic rings. The van der Waals surface area contributed by atoms with Crippen LogP contribution in [0.5, 0.6) is 0 Å². The van der Waals surface area contributed by atoms with Gasteiger partial charge in [-0.1, -0.05) is 32.9 Å². The van der Waals surface area contributed by atoms with Crippen molar-refractivity contribution < 1.29 is 19.1 Å². The summed E-state index contributed by atoms with van der Waals surface area (Å²) < 4.78 is 5.55. The molecule has 1 saturated carbocycles. The minimum atomic E-state index is -0.680. The molecule has 4 fully saturated rings. The molecule has 3 aliphatic heterocycles. The summed E-state index contributed by atoms with van der Waals surface area (Å²) in [6.45, 7) is 9.06. The van der Waals surface area contributed by atoms with Crippen molar-refractivity contribution in [3.63, 3.8) is 0 Å². The number of hydrogen-bond donors (Lipinski definition) is 1. The average molecular weight is 482 g/mol. The molecule has 1 N–H and O–H groups in total. The Labute approximate surface area is 208 Å². The molecule has 1 aromatic carbocycles. The molecule has 3 saturated heterocycles. The Hall–Kier alpha value is -2.25. The van der Waals surface area contributed by atoms with Gasteiger partial charge in [0.1, 0.15) is 18.7 Å². The van der Waals surface area contributed by atoms with Gasteiger partial charge in [-0.15, -0.1) is 0 Å². The van der Waals surface area contributed by atoms with Crippen molar-refractivity contribution in [1.29, 1.82) is 0 Å². The van der Waals surface area contributed by atoms with E-state index >= 15 is 0 Å². The maximum Gasteiger partial charge on any atom is 0.251 e. The summed E-state index contributed by atoms with van der Waals surface area (Å²) in [6.07, 6.45) is 6.01. The number of hydrogen-bond acceptors (Lipinski definition) is 5. The molecule has 0 bridgehead atoms. The first-order valence-electron chi connectivity index (χ1n) is 13.3. The zero-order valence-electron chi connectivity index (χ0n) is 21.3. The van der Waals surface area contributed by atoms with Gasteiger partial charge in [0.2, 0.25) is 5.91 Å². The number of likely N-dealkylation sites (tertiary alicyclic amines) is 2. The number of fused-ring (bicyclic) bond motifs is 1. The van der Waals surface area contributed by atoms with E-state index in [9.17, 15) is 14.4 Å². The van der Waals surface area contributed by atoms with Crippen LogP contribution in [0.4, 0.5) is 0 Å². The minimum absolute atomic E-state index is 0.0414. The van der Waals surface area contributed by atoms with E-state index in [1.165, 1.54) is 44.3 Å². The van der Waals surface area contributed by atoms with E-state index in [1.54, 1.807) is 4.90 Å². The molecule has 0 aromatic heterocycles. The Morgan fingerprint density at radius 1 is 1.03 bits per heavy atom. The first kappa shape index (κ1) is 24.4. The van der Waals surface area contributed by atoms with Gasteiger partial charge in [0, 0.05) is 18.2 Å². The lowest BCUT2D eigenvalue weighted by Crippen LogP contribution is -2.53. The summed E-state index contributed by atoms with van der Waals surface area (Å²) >= 11 is 0. The van der Waals surface area contributed by atoms with Gasteiger partial charge in [-0.05, 0) is 80.6 Å². The zero-order valence-corrected chi connectivity index (χ0v) is 21.3. The van der Waals surface area contributed by atoms with Crippen molar-refractivity contribution in [2.24, 2.45) is 5.41 Å². The Morgan fingerprint density at radius 3 is 2.34 bits per heavy atom. The normalized spacial score (nSPS) is 26.6. The molecule has 190 valence electrons. The second-order valence-electron chi connectivity index (χ2n) is 12.0. The number of ether oxygens (including phenoxy) is 1. The molecular weight excluding hydrogens is 442 g/mol. The number of Topliss-reactive ketones (excluding diaryl/α,β-unsaturated/α-hetero) is 1. The number of amides is 2. The third kappa shape index (κ3) is 5.46. The molecule has 5 rings (SSSR count). The Bertz CT molecular complexity index is 957. The van der Waals surface area contributed by atoms with E-state index in [4.69, 9.17) is 4.74 Å². The number of benzene rings is 1. The number of rotatable bonds is 6. The van der Waals surface area contributed by atoms with E-state index < -0.39 is 12.1 Å². The standard InChI is InChI=1S/C28H39N3O4/c1-28(2,3)16-22(27(34)31-15-12-24-25(31)23(32)17-35-24)29-26(33)20-6-4-18(5-7-20)19-10-13-30(14-11-19)21-8-9-21/h4-7,19,21-22,24-25H,8-17H2,1-3H3,(H,29,33)/t22?,24-,25-/m1/s1.